The topological polar surface area (TPSA) is 26.3 Å². The number of hydrogen-bond donors (Lipinski definition) is 0. The fourth-order valence-corrected chi connectivity index (χ4v) is 2.95. The van der Waals surface area contributed by atoms with Crippen molar-refractivity contribution < 1.29 is 9.53 Å². The van der Waals surface area contributed by atoms with Crippen molar-refractivity contribution in [3.8, 4) is 11.1 Å². The number of esters is 1. The van der Waals surface area contributed by atoms with Crippen molar-refractivity contribution in [2.24, 2.45) is 0 Å². The average Bonchev–Trinajstić information content (AvgIpc) is 2.82. The van der Waals surface area contributed by atoms with Gasteiger partial charge in [0.15, 0.2) is 0 Å². The maximum atomic E-state index is 11.2. The Hall–Kier alpha value is -2.09. The highest BCUT2D eigenvalue weighted by Gasteiger charge is 2.20. The van der Waals surface area contributed by atoms with Gasteiger partial charge in [-0.2, -0.15) is 0 Å². The van der Waals surface area contributed by atoms with Gasteiger partial charge in [0.2, 0.25) is 0 Å². The van der Waals surface area contributed by atoms with Gasteiger partial charge < -0.3 is 4.74 Å². The number of rotatable bonds is 3. The van der Waals surface area contributed by atoms with Gasteiger partial charge in [0, 0.05) is 6.92 Å². The highest BCUT2D eigenvalue weighted by molar-refractivity contribution is 5.77. The summed E-state index contributed by atoms with van der Waals surface area (Å²) >= 11 is 0. The van der Waals surface area contributed by atoms with Crippen molar-refractivity contribution in [3.63, 3.8) is 0 Å². The second kappa shape index (κ2) is 5.12. The highest BCUT2D eigenvalue weighted by atomic mass is 16.5. The lowest BCUT2D eigenvalue weighted by atomic mass is 10.00. The molecule has 2 heteroatoms. The van der Waals surface area contributed by atoms with Crippen LogP contribution in [0, 0.1) is 0 Å². The lowest BCUT2D eigenvalue weighted by Crippen LogP contribution is -2.07. The van der Waals surface area contributed by atoms with Crippen LogP contribution in [-0.2, 0) is 16.0 Å². The Bertz CT molecular complexity index is 658. The van der Waals surface area contributed by atoms with E-state index in [0.29, 0.717) is 0 Å². The number of carbonyl (C=O) groups is 1. The van der Waals surface area contributed by atoms with E-state index in [-0.39, 0.29) is 12.1 Å². The Kier molecular flexibility index (Phi) is 3.31. The lowest BCUT2D eigenvalue weighted by Gasteiger charge is -2.16. The number of hydrogen-bond acceptors (Lipinski definition) is 2. The van der Waals surface area contributed by atoms with Crippen molar-refractivity contribution in [1.82, 2.24) is 0 Å². The summed E-state index contributed by atoms with van der Waals surface area (Å²) in [5, 5.41) is 0. The maximum absolute atomic E-state index is 11.2. The Labute approximate surface area is 119 Å². The predicted octanol–water partition coefficient (Wildman–Crippen LogP) is 4.27. The Morgan fingerprint density at radius 1 is 1.15 bits per heavy atom. The first-order chi connectivity index (χ1) is 9.69. The van der Waals surface area contributed by atoms with E-state index >= 15 is 0 Å². The van der Waals surface area contributed by atoms with Crippen LogP contribution < -0.4 is 0 Å². The van der Waals surface area contributed by atoms with Crippen molar-refractivity contribution in [1.29, 1.82) is 0 Å². The molecule has 0 fully saturated rings. The van der Waals surface area contributed by atoms with E-state index in [9.17, 15) is 4.79 Å². The van der Waals surface area contributed by atoms with Crippen LogP contribution in [0.2, 0.25) is 0 Å². The molecule has 2 nitrogen and oxygen atoms in total. The fourth-order valence-electron chi connectivity index (χ4n) is 2.95. The van der Waals surface area contributed by atoms with Gasteiger partial charge in [-0.05, 0) is 40.7 Å². The van der Waals surface area contributed by atoms with Crippen molar-refractivity contribution >= 4 is 5.97 Å². The summed E-state index contributed by atoms with van der Waals surface area (Å²) in [5.41, 5.74) is 6.43. The second-order valence-electron chi connectivity index (χ2n) is 5.26. The molecule has 1 unspecified atom stereocenters. The first-order valence-electron chi connectivity index (χ1n) is 7.07. The summed E-state index contributed by atoms with van der Waals surface area (Å²) in [4.78, 5) is 11.2. The summed E-state index contributed by atoms with van der Waals surface area (Å²) in [5.74, 6) is -0.222. The smallest absolute Gasteiger partial charge is 0.303 e. The largest absolute Gasteiger partial charge is 0.458 e. The quantitative estimate of drug-likeness (QED) is 0.662. The third kappa shape index (κ3) is 2.22. The predicted molar refractivity (Wildman–Crippen MR) is 79.5 cm³/mol. The summed E-state index contributed by atoms with van der Waals surface area (Å²) in [6.45, 7) is 3.50. The van der Waals surface area contributed by atoms with E-state index in [2.05, 4.69) is 42.5 Å². The van der Waals surface area contributed by atoms with Gasteiger partial charge in [-0.3, -0.25) is 4.79 Å². The zero-order valence-corrected chi connectivity index (χ0v) is 11.8. The molecule has 0 amide bonds. The molecule has 0 aliphatic heterocycles. The van der Waals surface area contributed by atoms with Crippen LogP contribution >= 0.6 is 0 Å². The molecule has 0 heterocycles. The number of fused-ring (bicyclic) bond motifs is 3. The molecule has 1 atom stereocenters. The van der Waals surface area contributed by atoms with E-state index in [4.69, 9.17) is 4.74 Å². The van der Waals surface area contributed by atoms with Gasteiger partial charge >= 0.3 is 5.97 Å². The molecule has 102 valence electrons. The molecule has 0 bridgehead atoms. The standard InChI is InChI=1S/C18H18O2/c1-3-18(20-12(2)19)14-8-9-17-15(11-14)10-13-6-4-5-7-16(13)17/h4-9,11,18H,3,10H2,1-2H3. The Morgan fingerprint density at radius 2 is 1.90 bits per heavy atom. The van der Waals surface area contributed by atoms with E-state index in [1.807, 2.05) is 6.92 Å². The zero-order valence-electron chi connectivity index (χ0n) is 11.8. The van der Waals surface area contributed by atoms with Crippen LogP contribution in [0.25, 0.3) is 11.1 Å². The van der Waals surface area contributed by atoms with Crippen LogP contribution in [0.15, 0.2) is 42.5 Å². The average molecular weight is 266 g/mol. The fraction of sp³-hybridized carbons (Fsp3) is 0.278. The van der Waals surface area contributed by atoms with Crippen molar-refractivity contribution in [2.75, 3.05) is 0 Å². The molecule has 0 spiro atoms. The number of carbonyl (C=O) groups excluding carboxylic acids is 1. The minimum atomic E-state index is -0.222. The molecular formula is C18H18O2. The summed E-state index contributed by atoms with van der Waals surface area (Å²) in [7, 11) is 0. The third-order valence-electron chi connectivity index (χ3n) is 3.87. The van der Waals surface area contributed by atoms with Gasteiger partial charge in [-0.25, -0.2) is 0 Å². The van der Waals surface area contributed by atoms with Crippen LogP contribution in [0.1, 0.15) is 43.1 Å². The molecule has 0 aromatic heterocycles. The molecule has 0 saturated carbocycles. The van der Waals surface area contributed by atoms with Crippen LogP contribution in [0.4, 0.5) is 0 Å². The molecule has 0 radical (unpaired) electrons. The Balaban J connectivity index is 1.96. The summed E-state index contributed by atoms with van der Waals surface area (Å²) < 4.78 is 5.38. The van der Waals surface area contributed by atoms with Crippen molar-refractivity contribution in [2.45, 2.75) is 32.8 Å². The van der Waals surface area contributed by atoms with Gasteiger partial charge in [0.05, 0.1) is 0 Å². The first kappa shape index (κ1) is 12.9. The van der Waals surface area contributed by atoms with Crippen LogP contribution in [0.5, 0.6) is 0 Å². The van der Waals surface area contributed by atoms with Crippen molar-refractivity contribution in [3.05, 3.63) is 59.2 Å². The van der Waals surface area contributed by atoms with Crippen LogP contribution in [-0.4, -0.2) is 5.97 Å². The van der Waals surface area contributed by atoms with Gasteiger partial charge in [0.25, 0.3) is 0 Å². The SMILES string of the molecule is CCC(OC(C)=O)c1ccc2c(c1)Cc1ccccc1-2. The third-order valence-corrected chi connectivity index (χ3v) is 3.87. The van der Waals surface area contributed by atoms with E-state index in [1.54, 1.807) is 0 Å². The molecule has 20 heavy (non-hydrogen) atoms. The monoisotopic (exact) mass is 266 g/mol. The molecule has 1 aliphatic rings. The second-order valence-corrected chi connectivity index (χ2v) is 5.26. The molecule has 3 rings (SSSR count). The van der Waals surface area contributed by atoms with Gasteiger partial charge in [-0.15, -0.1) is 0 Å². The number of benzene rings is 2. The summed E-state index contributed by atoms with van der Waals surface area (Å²) in [6, 6.07) is 14.9. The number of ether oxygens (including phenoxy) is 1. The molecular weight excluding hydrogens is 248 g/mol. The Morgan fingerprint density at radius 3 is 2.65 bits per heavy atom. The molecule has 0 saturated heterocycles. The van der Waals surface area contributed by atoms with E-state index < -0.39 is 0 Å². The minimum absolute atomic E-state index is 0.137. The van der Waals surface area contributed by atoms with E-state index in [1.165, 1.54) is 29.2 Å². The zero-order chi connectivity index (χ0) is 14.1. The lowest BCUT2D eigenvalue weighted by molar-refractivity contribution is -0.146. The maximum Gasteiger partial charge on any atom is 0.303 e. The van der Waals surface area contributed by atoms with Crippen LogP contribution in [0.3, 0.4) is 0 Å². The first-order valence-corrected chi connectivity index (χ1v) is 7.07. The molecule has 2 aromatic rings. The van der Waals surface area contributed by atoms with Gasteiger partial charge in [-0.1, -0.05) is 49.4 Å². The highest BCUT2D eigenvalue weighted by Crippen LogP contribution is 2.38. The summed E-state index contributed by atoms with van der Waals surface area (Å²) in [6.07, 6.45) is 1.63. The molecule has 0 N–H and O–H groups in total. The van der Waals surface area contributed by atoms with E-state index in [0.717, 1.165) is 18.4 Å². The normalized spacial score (nSPS) is 13.5. The van der Waals surface area contributed by atoms with Gasteiger partial charge in [0.1, 0.15) is 6.10 Å². The molecule has 2 aromatic carbocycles. The minimum Gasteiger partial charge on any atom is -0.458 e. The molecule has 1 aliphatic carbocycles.